The topological polar surface area (TPSA) is 168 Å². The van der Waals surface area contributed by atoms with Gasteiger partial charge in [0.1, 0.15) is 6.04 Å². The van der Waals surface area contributed by atoms with Crippen LogP contribution in [0.2, 0.25) is 0 Å². The third-order valence-electron chi connectivity index (χ3n) is 1.28. The van der Waals surface area contributed by atoms with E-state index in [9.17, 15) is 4.79 Å². The maximum absolute atomic E-state index is 10.2. The Hall–Kier alpha value is -0.830. The molecule has 0 saturated carbocycles. The van der Waals surface area contributed by atoms with E-state index in [1.807, 2.05) is 0 Å². The second kappa shape index (κ2) is 13.2. The number of nitrogens with zero attached hydrogens (tertiary/aromatic N) is 1. The minimum atomic E-state index is -1.08. The third-order valence-corrected chi connectivity index (χ3v) is 1.28. The minimum Gasteiger partial charge on any atom is -0.550 e. The molecule has 0 fully saturated rings. The zero-order chi connectivity index (χ0) is 13.1. The summed E-state index contributed by atoms with van der Waals surface area (Å²) in [4.78, 5) is 22.8. The van der Waals surface area contributed by atoms with Crippen molar-refractivity contribution in [2.45, 2.75) is 25.8 Å². The van der Waals surface area contributed by atoms with Gasteiger partial charge in [-0.05, 0) is 19.8 Å². The normalized spacial score (nSPS) is 10.0. The zero-order valence-electron chi connectivity index (χ0n) is 10.0. The van der Waals surface area contributed by atoms with Crippen LogP contribution >= 0.6 is 0 Å². The van der Waals surface area contributed by atoms with Crippen molar-refractivity contribution in [1.29, 1.82) is 0 Å². The van der Waals surface area contributed by atoms with E-state index in [0.29, 0.717) is 19.4 Å². The van der Waals surface area contributed by atoms with Crippen molar-refractivity contribution in [1.82, 2.24) is 0 Å². The summed E-state index contributed by atoms with van der Waals surface area (Å²) >= 11 is 0. The number of hydrogen-bond donors (Lipinski definition) is 4. The van der Waals surface area contributed by atoms with Crippen molar-refractivity contribution >= 4 is 17.9 Å². The van der Waals surface area contributed by atoms with Gasteiger partial charge in [0.05, 0.1) is 0 Å². The predicted octanol–water partition coefficient (Wildman–Crippen LogP) is -5.79. The van der Waals surface area contributed by atoms with Gasteiger partial charge in [0.2, 0.25) is 0 Å². The molecular formula is C8H17N4NaO4. The van der Waals surface area contributed by atoms with E-state index in [1.54, 1.807) is 0 Å². The molecule has 0 radical (unpaired) electrons. The van der Waals surface area contributed by atoms with Gasteiger partial charge in [-0.15, -0.1) is 0 Å². The predicted molar refractivity (Wildman–Crippen MR) is 56.2 cm³/mol. The fourth-order valence-electron chi connectivity index (χ4n) is 0.643. The van der Waals surface area contributed by atoms with Crippen LogP contribution in [0.15, 0.2) is 4.99 Å². The van der Waals surface area contributed by atoms with E-state index in [4.69, 9.17) is 32.2 Å². The molecule has 0 bridgehead atoms. The molecule has 0 aliphatic rings. The Bertz CT molecular complexity index is 252. The van der Waals surface area contributed by atoms with E-state index in [-0.39, 0.29) is 35.5 Å². The average Bonchev–Trinajstić information content (AvgIpc) is 2.10. The van der Waals surface area contributed by atoms with Gasteiger partial charge in [-0.25, -0.2) is 0 Å². The molecule has 0 amide bonds. The zero-order valence-corrected chi connectivity index (χ0v) is 12.0. The third kappa shape index (κ3) is 25.4. The molecule has 1 unspecified atom stereocenters. The molecule has 17 heavy (non-hydrogen) atoms. The summed E-state index contributed by atoms with van der Waals surface area (Å²) in [5.41, 5.74) is 15.3. The molecule has 0 aliphatic carbocycles. The van der Waals surface area contributed by atoms with Crippen LogP contribution < -0.4 is 51.9 Å². The van der Waals surface area contributed by atoms with Gasteiger partial charge in [-0.1, -0.05) is 0 Å². The molecule has 0 heterocycles. The van der Waals surface area contributed by atoms with Crippen molar-refractivity contribution in [2.24, 2.45) is 22.2 Å². The fraction of sp³-hybridized carbons (Fsp3) is 0.625. The van der Waals surface area contributed by atoms with E-state index in [2.05, 4.69) is 4.99 Å². The number of rotatable bonds is 5. The first-order valence-corrected chi connectivity index (χ1v) is 4.48. The summed E-state index contributed by atoms with van der Waals surface area (Å²) in [7, 11) is 0. The Morgan fingerprint density at radius 2 is 1.82 bits per heavy atom. The largest absolute Gasteiger partial charge is 1.00 e. The van der Waals surface area contributed by atoms with E-state index >= 15 is 0 Å². The molecule has 7 N–H and O–H groups in total. The van der Waals surface area contributed by atoms with Crippen molar-refractivity contribution < 1.29 is 49.4 Å². The molecule has 0 saturated heterocycles. The Balaban J connectivity index is -0.000000340. The van der Waals surface area contributed by atoms with Crippen molar-refractivity contribution in [3.8, 4) is 0 Å². The Morgan fingerprint density at radius 1 is 1.41 bits per heavy atom. The molecular weight excluding hydrogens is 239 g/mol. The number of aliphatic imine (C=N–C) groups is 1. The number of carboxylic acid groups (broad SMARTS) is 2. The summed E-state index contributed by atoms with van der Waals surface area (Å²) in [6, 6.07) is -0.820. The fourth-order valence-corrected chi connectivity index (χ4v) is 0.643. The molecule has 9 heteroatoms. The average molecular weight is 256 g/mol. The van der Waals surface area contributed by atoms with Gasteiger partial charge >= 0.3 is 35.5 Å². The van der Waals surface area contributed by atoms with Crippen LogP contribution in [0.3, 0.4) is 0 Å². The maximum Gasteiger partial charge on any atom is 1.00 e. The second-order valence-electron chi connectivity index (χ2n) is 2.89. The van der Waals surface area contributed by atoms with Gasteiger partial charge < -0.3 is 32.2 Å². The molecule has 0 rings (SSSR count). The minimum absolute atomic E-state index is 0. The Morgan fingerprint density at radius 3 is 2.12 bits per heavy atom. The van der Waals surface area contributed by atoms with Crippen molar-refractivity contribution in [2.75, 3.05) is 6.54 Å². The van der Waals surface area contributed by atoms with Gasteiger partial charge in [-0.2, -0.15) is 0 Å². The second-order valence-corrected chi connectivity index (χ2v) is 2.89. The number of carboxylic acids is 2. The monoisotopic (exact) mass is 256 g/mol. The van der Waals surface area contributed by atoms with Gasteiger partial charge in [0.15, 0.2) is 5.96 Å². The number of aliphatic carboxylic acids is 2. The summed E-state index contributed by atoms with van der Waals surface area (Å²) < 4.78 is 0. The number of nitrogens with two attached hydrogens (primary N) is 3. The van der Waals surface area contributed by atoms with Crippen LogP contribution in [0, 0.1) is 0 Å². The van der Waals surface area contributed by atoms with Crippen LogP contribution in [0.1, 0.15) is 19.8 Å². The molecule has 0 aromatic rings. The van der Waals surface area contributed by atoms with Crippen LogP contribution in [-0.4, -0.2) is 35.6 Å². The molecule has 0 spiro atoms. The molecule has 8 nitrogen and oxygen atoms in total. The van der Waals surface area contributed by atoms with Gasteiger partial charge in [0, 0.05) is 12.5 Å². The van der Waals surface area contributed by atoms with E-state index in [1.165, 1.54) is 0 Å². The first-order valence-electron chi connectivity index (χ1n) is 4.48. The van der Waals surface area contributed by atoms with Crippen molar-refractivity contribution in [3.05, 3.63) is 0 Å². The summed E-state index contributed by atoms with van der Waals surface area (Å²) in [5, 5.41) is 17.3. The Labute approximate surface area is 122 Å². The van der Waals surface area contributed by atoms with Crippen LogP contribution in [0.25, 0.3) is 0 Å². The number of carbonyl (C=O) groups excluding carboxylic acids is 1. The maximum atomic E-state index is 10.2. The first-order chi connectivity index (χ1) is 7.27. The Kier molecular flexibility index (Phi) is 16.7. The van der Waals surface area contributed by atoms with E-state index < -0.39 is 18.0 Å². The summed E-state index contributed by atoms with van der Waals surface area (Å²) in [6.45, 7) is 1.39. The van der Waals surface area contributed by atoms with Crippen LogP contribution in [-0.2, 0) is 9.59 Å². The number of hydrogen-bond acceptors (Lipinski definition) is 5. The van der Waals surface area contributed by atoms with Gasteiger partial charge in [-0.3, -0.25) is 9.79 Å². The molecule has 94 valence electrons. The summed E-state index contributed by atoms with van der Waals surface area (Å²) in [6.07, 6.45) is 0.956. The molecule has 0 aliphatic heterocycles. The number of guanidine groups is 1. The first kappa shape index (κ1) is 21.5. The molecule has 1 atom stereocenters. The SMILES string of the molecule is CC(=O)[O-].NC(N)=NCCCC(N)C(=O)O.[Na+]. The molecule has 0 aromatic heterocycles. The van der Waals surface area contributed by atoms with Crippen LogP contribution in [0.4, 0.5) is 0 Å². The van der Waals surface area contributed by atoms with Crippen molar-refractivity contribution in [3.63, 3.8) is 0 Å². The standard InChI is InChI=1S/C6H14N4O2.C2H4O2.Na/c7-4(5(11)12)2-1-3-10-6(8)9;1-2(3)4;/h4H,1-3,7H2,(H,11,12)(H4,8,9,10);1H3,(H,3,4);/q;;+1/p-1. The quantitative estimate of drug-likeness (QED) is 0.164. The van der Waals surface area contributed by atoms with Crippen LogP contribution in [0.5, 0.6) is 0 Å². The number of carbonyl (C=O) groups is 2. The smallest absolute Gasteiger partial charge is 0.550 e. The van der Waals surface area contributed by atoms with Gasteiger partial charge in [0.25, 0.3) is 0 Å². The summed E-state index contributed by atoms with van der Waals surface area (Å²) in [5.74, 6) is -2.07. The van der Waals surface area contributed by atoms with E-state index in [0.717, 1.165) is 6.92 Å². The molecule has 0 aromatic carbocycles.